The maximum atomic E-state index is 12.8. The van der Waals surface area contributed by atoms with E-state index < -0.39 is 10.0 Å². The van der Waals surface area contributed by atoms with Crippen molar-refractivity contribution in [2.75, 3.05) is 4.72 Å². The lowest BCUT2D eigenvalue weighted by molar-refractivity contribution is 0.476. The van der Waals surface area contributed by atoms with Crippen molar-refractivity contribution >= 4 is 21.8 Å². The number of aromatic nitrogens is 1. The van der Waals surface area contributed by atoms with E-state index in [4.69, 9.17) is 4.74 Å². The van der Waals surface area contributed by atoms with Gasteiger partial charge in [0.25, 0.3) is 10.0 Å². The van der Waals surface area contributed by atoms with Crippen molar-refractivity contribution < 1.29 is 13.2 Å². The third kappa shape index (κ3) is 3.92. The van der Waals surface area contributed by atoms with Crippen molar-refractivity contribution in [3.63, 3.8) is 0 Å². The first-order chi connectivity index (χ1) is 13.5. The molecule has 4 rings (SSSR count). The number of anilines is 1. The van der Waals surface area contributed by atoms with Crippen molar-refractivity contribution in [2.45, 2.75) is 19.8 Å². The monoisotopic (exact) mass is 392 g/mol. The molecule has 1 aromatic heterocycles. The SMILES string of the molecule is Cc1cc(NS(=O)(=O)C2=Cc3ccccc3CC2)ccc1Oc1cccnc1. The summed E-state index contributed by atoms with van der Waals surface area (Å²) in [7, 11) is -3.61. The van der Waals surface area contributed by atoms with Crippen LogP contribution in [0.1, 0.15) is 23.1 Å². The van der Waals surface area contributed by atoms with Gasteiger partial charge in [-0.2, -0.15) is 0 Å². The van der Waals surface area contributed by atoms with E-state index in [1.807, 2.05) is 37.3 Å². The van der Waals surface area contributed by atoms with Crippen molar-refractivity contribution in [3.05, 3.63) is 88.6 Å². The number of hydrogen-bond donors (Lipinski definition) is 1. The minimum Gasteiger partial charge on any atom is -0.455 e. The van der Waals surface area contributed by atoms with Crippen LogP contribution < -0.4 is 9.46 Å². The lowest BCUT2D eigenvalue weighted by Crippen LogP contribution is -2.17. The van der Waals surface area contributed by atoms with Gasteiger partial charge in [-0.1, -0.05) is 24.3 Å². The summed E-state index contributed by atoms with van der Waals surface area (Å²) >= 11 is 0. The third-order valence-corrected chi connectivity index (χ3v) is 6.16. The van der Waals surface area contributed by atoms with Crippen molar-refractivity contribution in [1.29, 1.82) is 0 Å². The van der Waals surface area contributed by atoms with Gasteiger partial charge in [-0.15, -0.1) is 0 Å². The fraction of sp³-hybridized carbons (Fsp3) is 0.136. The van der Waals surface area contributed by atoms with Crippen LogP contribution in [0.2, 0.25) is 0 Å². The molecule has 0 amide bonds. The first-order valence-electron chi connectivity index (χ1n) is 9.01. The zero-order chi connectivity index (χ0) is 19.6. The van der Waals surface area contributed by atoms with Gasteiger partial charge >= 0.3 is 0 Å². The van der Waals surface area contributed by atoms with Crippen LogP contribution in [0.3, 0.4) is 0 Å². The minimum atomic E-state index is -3.61. The van der Waals surface area contributed by atoms with Gasteiger partial charge in [0.15, 0.2) is 0 Å². The summed E-state index contributed by atoms with van der Waals surface area (Å²) in [4.78, 5) is 4.42. The minimum absolute atomic E-state index is 0.402. The molecule has 28 heavy (non-hydrogen) atoms. The molecule has 3 aromatic rings. The summed E-state index contributed by atoms with van der Waals surface area (Å²) < 4.78 is 34.2. The van der Waals surface area contributed by atoms with Crippen molar-refractivity contribution in [3.8, 4) is 11.5 Å². The van der Waals surface area contributed by atoms with Gasteiger partial charge in [-0.05, 0) is 72.9 Å². The molecule has 6 heteroatoms. The van der Waals surface area contributed by atoms with E-state index in [-0.39, 0.29) is 0 Å². The number of aryl methyl sites for hydroxylation is 2. The highest BCUT2D eigenvalue weighted by Crippen LogP contribution is 2.30. The van der Waals surface area contributed by atoms with Crippen LogP contribution >= 0.6 is 0 Å². The van der Waals surface area contributed by atoms with E-state index >= 15 is 0 Å². The molecule has 0 aliphatic heterocycles. The maximum Gasteiger partial charge on any atom is 0.258 e. The molecule has 1 aliphatic carbocycles. The lowest BCUT2D eigenvalue weighted by atomic mass is 9.98. The fourth-order valence-corrected chi connectivity index (χ4v) is 4.42. The summed E-state index contributed by atoms with van der Waals surface area (Å²) in [6.45, 7) is 1.87. The normalized spacial score (nSPS) is 13.4. The van der Waals surface area contributed by atoms with Gasteiger partial charge in [0.1, 0.15) is 11.5 Å². The van der Waals surface area contributed by atoms with Crippen molar-refractivity contribution in [1.82, 2.24) is 4.98 Å². The Morgan fingerprint density at radius 3 is 2.68 bits per heavy atom. The lowest BCUT2D eigenvalue weighted by Gasteiger charge is -2.18. The van der Waals surface area contributed by atoms with Gasteiger partial charge in [0, 0.05) is 11.9 Å². The van der Waals surface area contributed by atoms with E-state index in [1.165, 1.54) is 5.56 Å². The highest BCUT2D eigenvalue weighted by atomic mass is 32.2. The number of benzene rings is 2. The predicted molar refractivity (Wildman–Crippen MR) is 111 cm³/mol. The maximum absolute atomic E-state index is 12.8. The molecule has 1 aliphatic rings. The van der Waals surface area contributed by atoms with E-state index in [1.54, 1.807) is 42.7 Å². The average molecular weight is 392 g/mol. The molecule has 1 heterocycles. The summed E-state index contributed by atoms with van der Waals surface area (Å²) in [6, 6.07) is 16.7. The van der Waals surface area contributed by atoms with E-state index in [0.717, 1.165) is 17.5 Å². The first kappa shape index (κ1) is 18.3. The third-order valence-electron chi connectivity index (χ3n) is 4.65. The molecule has 5 nitrogen and oxygen atoms in total. The largest absolute Gasteiger partial charge is 0.455 e. The van der Waals surface area contributed by atoms with Crippen LogP contribution in [0.15, 0.2) is 71.9 Å². The van der Waals surface area contributed by atoms with Crippen LogP contribution in [0.25, 0.3) is 6.08 Å². The quantitative estimate of drug-likeness (QED) is 0.670. The van der Waals surface area contributed by atoms with E-state index in [9.17, 15) is 8.42 Å². The number of nitrogens with zero attached hydrogens (tertiary/aromatic N) is 1. The standard InChI is InChI=1S/C22H20N2O3S/c1-16-13-19(9-11-22(16)27-20-7-4-12-23-15-20)24-28(25,26)21-10-8-17-5-2-3-6-18(17)14-21/h2-7,9,11-15,24H,8,10H2,1H3. The number of sulfonamides is 1. The second-order valence-electron chi connectivity index (χ2n) is 6.69. The Hall–Kier alpha value is -3.12. The molecule has 0 saturated heterocycles. The Morgan fingerprint density at radius 2 is 1.89 bits per heavy atom. The number of rotatable bonds is 5. The van der Waals surface area contributed by atoms with Gasteiger partial charge in [-0.3, -0.25) is 9.71 Å². The highest BCUT2D eigenvalue weighted by molar-refractivity contribution is 7.96. The molecular weight excluding hydrogens is 372 g/mol. The molecule has 1 N–H and O–H groups in total. The molecule has 0 radical (unpaired) electrons. The Kier molecular flexibility index (Phi) is 4.88. The molecule has 0 bridgehead atoms. The van der Waals surface area contributed by atoms with E-state index in [2.05, 4.69) is 9.71 Å². The Labute approximate surface area is 164 Å². The summed E-state index contributed by atoms with van der Waals surface area (Å²) in [6.07, 6.45) is 6.28. The Bertz CT molecular complexity index is 1140. The molecule has 0 spiro atoms. The number of allylic oxidation sites excluding steroid dienone is 1. The van der Waals surface area contributed by atoms with Crippen LogP contribution in [-0.2, 0) is 16.4 Å². The fourth-order valence-electron chi connectivity index (χ4n) is 3.20. The molecule has 0 unspecified atom stereocenters. The Morgan fingerprint density at radius 1 is 1.04 bits per heavy atom. The van der Waals surface area contributed by atoms with Crippen LogP contribution in [0.5, 0.6) is 11.5 Å². The summed E-state index contributed by atoms with van der Waals surface area (Å²) in [5.41, 5.74) is 3.47. The van der Waals surface area contributed by atoms with Crippen LogP contribution in [0, 0.1) is 6.92 Å². The molecular formula is C22H20N2O3S. The average Bonchev–Trinajstić information content (AvgIpc) is 2.70. The molecule has 0 atom stereocenters. The second kappa shape index (κ2) is 7.48. The molecule has 0 fully saturated rings. The van der Waals surface area contributed by atoms with Crippen LogP contribution in [0.4, 0.5) is 5.69 Å². The molecule has 2 aromatic carbocycles. The number of pyridine rings is 1. The number of hydrogen-bond acceptors (Lipinski definition) is 4. The van der Waals surface area contributed by atoms with Crippen LogP contribution in [-0.4, -0.2) is 13.4 Å². The zero-order valence-electron chi connectivity index (χ0n) is 15.4. The van der Waals surface area contributed by atoms with Gasteiger partial charge in [-0.25, -0.2) is 8.42 Å². The zero-order valence-corrected chi connectivity index (χ0v) is 16.2. The number of nitrogens with one attached hydrogen (secondary N) is 1. The molecule has 0 saturated carbocycles. The highest BCUT2D eigenvalue weighted by Gasteiger charge is 2.22. The van der Waals surface area contributed by atoms with Gasteiger partial charge in [0.05, 0.1) is 11.1 Å². The number of ether oxygens (including phenoxy) is 1. The van der Waals surface area contributed by atoms with Crippen molar-refractivity contribution in [2.24, 2.45) is 0 Å². The first-order valence-corrected chi connectivity index (χ1v) is 10.5. The van der Waals surface area contributed by atoms with Gasteiger partial charge in [0.2, 0.25) is 0 Å². The van der Waals surface area contributed by atoms with E-state index in [0.29, 0.717) is 28.5 Å². The number of fused-ring (bicyclic) bond motifs is 1. The predicted octanol–water partition coefficient (Wildman–Crippen LogP) is 4.91. The Balaban J connectivity index is 1.54. The summed E-state index contributed by atoms with van der Waals surface area (Å²) in [5, 5.41) is 0. The second-order valence-corrected chi connectivity index (χ2v) is 8.42. The molecule has 142 valence electrons. The summed E-state index contributed by atoms with van der Waals surface area (Å²) in [5.74, 6) is 1.28. The topological polar surface area (TPSA) is 68.3 Å². The van der Waals surface area contributed by atoms with Gasteiger partial charge < -0.3 is 4.74 Å². The smallest absolute Gasteiger partial charge is 0.258 e.